The topological polar surface area (TPSA) is 63.0 Å². The highest BCUT2D eigenvalue weighted by atomic mass is 16.5. The molecule has 72 valence electrons. The van der Waals surface area contributed by atoms with E-state index in [-0.39, 0.29) is 0 Å². The van der Waals surface area contributed by atoms with E-state index in [0.29, 0.717) is 6.54 Å². The van der Waals surface area contributed by atoms with Gasteiger partial charge in [-0.15, -0.1) is 0 Å². The summed E-state index contributed by atoms with van der Waals surface area (Å²) in [5.41, 5.74) is 3.00. The van der Waals surface area contributed by atoms with Crippen LogP contribution in [0.25, 0.3) is 5.82 Å². The standard InChI is InChI=1S/C9H10N4O/c14-12-7-8-2-3-9(10-6-8)13-5-1-4-11-13/h1-6,12,14H,7H2. The Labute approximate surface area is 81.0 Å². The maximum absolute atomic E-state index is 8.48. The van der Waals surface area contributed by atoms with Crippen molar-refractivity contribution in [3.63, 3.8) is 0 Å². The molecule has 0 saturated heterocycles. The zero-order chi connectivity index (χ0) is 9.80. The number of nitrogens with zero attached hydrogens (tertiary/aromatic N) is 3. The predicted molar refractivity (Wildman–Crippen MR) is 50.0 cm³/mol. The van der Waals surface area contributed by atoms with Crippen molar-refractivity contribution in [2.45, 2.75) is 6.54 Å². The predicted octanol–water partition coefficient (Wildman–Crippen LogP) is 0.746. The van der Waals surface area contributed by atoms with E-state index in [9.17, 15) is 0 Å². The Morgan fingerprint density at radius 2 is 2.36 bits per heavy atom. The largest absolute Gasteiger partial charge is 0.316 e. The molecule has 0 spiro atoms. The number of hydrogen-bond donors (Lipinski definition) is 2. The molecule has 0 aromatic carbocycles. The Bertz CT molecular complexity index is 382. The van der Waals surface area contributed by atoms with Gasteiger partial charge in [0.2, 0.25) is 0 Å². The van der Waals surface area contributed by atoms with E-state index in [1.54, 1.807) is 17.1 Å². The molecule has 2 aromatic heterocycles. The molecule has 0 aliphatic rings. The van der Waals surface area contributed by atoms with Gasteiger partial charge < -0.3 is 5.21 Å². The third-order valence-electron chi connectivity index (χ3n) is 1.83. The van der Waals surface area contributed by atoms with E-state index in [0.717, 1.165) is 11.4 Å². The Kier molecular flexibility index (Phi) is 2.53. The molecule has 2 aromatic rings. The van der Waals surface area contributed by atoms with Crippen molar-refractivity contribution in [1.82, 2.24) is 20.2 Å². The van der Waals surface area contributed by atoms with Crippen LogP contribution in [0.5, 0.6) is 0 Å². The van der Waals surface area contributed by atoms with Crippen molar-refractivity contribution in [3.05, 3.63) is 42.4 Å². The quantitative estimate of drug-likeness (QED) is 0.701. The zero-order valence-corrected chi connectivity index (χ0v) is 7.46. The molecule has 2 rings (SSSR count). The minimum atomic E-state index is 0.395. The molecule has 2 heterocycles. The van der Waals surface area contributed by atoms with E-state index < -0.39 is 0 Å². The Morgan fingerprint density at radius 1 is 1.43 bits per heavy atom. The Hall–Kier alpha value is -1.72. The van der Waals surface area contributed by atoms with E-state index in [2.05, 4.69) is 15.6 Å². The highest BCUT2D eigenvalue weighted by molar-refractivity contribution is 5.24. The average Bonchev–Trinajstić information content (AvgIpc) is 2.72. The number of hydroxylamine groups is 1. The van der Waals surface area contributed by atoms with Gasteiger partial charge in [0, 0.05) is 25.1 Å². The van der Waals surface area contributed by atoms with Gasteiger partial charge in [-0.1, -0.05) is 6.07 Å². The molecule has 5 nitrogen and oxygen atoms in total. The molecule has 0 aliphatic carbocycles. The molecule has 2 N–H and O–H groups in total. The summed E-state index contributed by atoms with van der Waals surface area (Å²) in [6.45, 7) is 0.395. The molecule has 0 fully saturated rings. The van der Waals surface area contributed by atoms with Crippen LogP contribution >= 0.6 is 0 Å². The SMILES string of the molecule is ONCc1ccc(-n2cccn2)nc1. The molecule has 0 aliphatic heterocycles. The first-order chi connectivity index (χ1) is 6.90. The van der Waals surface area contributed by atoms with Gasteiger partial charge in [0.25, 0.3) is 0 Å². The van der Waals surface area contributed by atoms with Gasteiger partial charge in [-0.2, -0.15) is 5.10 Å². The smallest absolute Gasteiger partial charge is 0.153 e. The maximum atomic E-state index is 8.48. The van der Waals surface area contributed by atoms with Crippen molar-refractivity contribution < 1.29 is 5.21 Å². The lowest BCUT2D eigenvalue weighted by molar-refractivity contribution is 0.161. The second-order valence-electron chi connectivity index (χ2n) is 2.81. The first-order valence-corrected chi connectivity index (χ1v) is 4.22. The molecule has 0 saturated carbocycles. The van der Waals surface area contributed by atoms with E-state index in [4.69, 9.17) is 5.21 Å². The van der Waals surface area contributed by atoms with Gasteiger partial charge >= 0.3 is 0 Å². The second kappa shape index (κ2) is 3.99. The third-order valence-corrected chi connectivity index (χ3v) is 1.83. The number of hydrogen-bond acceptors (Lipinski definition) is 4. The summed E-state index contributed by atoms with van der Waals surface area (Å²) < 4.78 is 1.68. The van der Waals surface area contributed by atoms with Crippen LogP contribution in [0.1, 0.15) is 5.56 Å². The molecule has 0 bridgehead atoms. The van der Waals surface area contributed by atoms with Gasteiger partial charge in [0.15, 0.2) is 5.82 Å². The van der Waals surface area contributed by atoms with Crippen molar-refractivity contribution in [2.75, 3.05) is 0 Å². The average molecular weight is 190 g/mol. The lowest BCUT2D eigenvalue weighted by atomic mass is 10.3. The van der Waals surface area contributed by atoms with E-state index in [1.165, 1.54) is 0 Å². The van der Waals surface area contributed by atoms with Crippen LogP contribution < -0.4 is 5.48 Å². The van der Waals surface area contributed by atoms with Crippen molar-refractivity contribution in [1.29, 1.82) is 0 Å². The van der Waals surface area contributed by atoms with E-state index in [1.807, 2.05) is 24.4 Å². The number of aromatic nitrogens is 3. The summed E-state index contributed by atoms with van der Waals surface area (Å²) in [6, 6.07) is 5.57. The fraction of sp³-hybridized carbons (Fsp3) is 0.111. The highest BCUT2D eigenvalue weighted by Gasteiger charge is 1.97. The monoisotopic (exact) mass is 190 g/mol. The number of rotatable bonds is 3. The van der Waals surface area contributed by atoms with Crippen LogP contribution in [0.4, 0.5) is 0 Å². The van der Waals surface area contributed by atoms with Crippen molar-refractivity contribution in [2.24, 2.45) is 0 Å². The van der Waals surface area contributed by atoms with Crippen molar-refractivity contribution in [3.8, 4) is 5.82 Å². The number of pyridine rings is 1. The van der Waals surface area contributed by atoms with Crippen LogP contribution in [-0.2, 0) is 6.54 Å². The molecule has 0 amide bonds. The number of nitrogens with one attached hydrogen (secondary N) is 1. The minimum Gasteiger partial charge on any atom is -0.316 e. The summed E-state index contributed by atoms with van der Waals surface area (Å²) in [5, 5.41) is 12.5. The van der Waals surface area contributed by atoms with Crippen LogP contribution in [0.3, 0.4) is 0 Å². The van der Waals surface area contributed by atoms with Crippen LogP contribution in [-0.4, -0.2) is 20.0 Å². The fourth-order valence-corrected chi connectivity index (χ4v) is 1.15. The summed E-state index contributed by atoms with van der Waals surface area (Å²) in [5.74, 6) is 0.761. The Morgan fingerprint density at radius 3 is 2.93 bits per heavy atom. The first kappa shape index (κ1) is 8.86. The van der Waals surface area contributed by atoms with Gasteiger partial charge in [0.1, 0.15) is 0 Å². The molecule has 0 atom stereocenters. The van der Waals surface area contributed by atoms with Crippen molar-refractivity contribution >= 4 is 0 Å². The molecule has 0 unspecified atom stereocenters. The minimum absolute atomic E-state index is 0.395. The molecular formula is C9H10N4O. The lowest BCUT2D eigenvalue weighted by Gasteiger charge is -2.01. The summed E-state index contributed by atoms with van der Waals surface area (Å²) in [4.78, 5) is 4.19. The van der Waals surface area contributed by atoms with Gasteiger partial charge in [0.05, 0.1) is 0 Å². The molecule has 14 heavy (non-hydrogen) atoms. The Balaban J connectivity index is 2.22. The molecular weight excluding hydrogens is 180 g/mol. The maximum Gasteiger partial charge on any atom is 0.153 e. The second-order valence-corrected chi connectivity index (χ2v) is 2.81. The first-order valence-electron chi connectivity index (χ1n) is 4.22. The zero-order valence-electron chi connectivity index (χ0n) is 7.46. The normalized spacial score (nSPS) is 10.4. The third kappa shape index (κ3) is 1.78. The van der Waals surface area contributed by atoms with Crippen LogP contribution in [0.2, 0.25) is 0 Å². The fourth-order valence-electron chi connectivity index (χ4n) is 1.15. The molecule has 0 radical (unpaired) electrons. The van der Waals surface area contributed by atoms with E-state index >= 15 is 0 Å². The highest BCUT2D eigenvalue weighted by Crippen LogP contribution is 2.03. The summed E-state index contributed by atoms with van der Waals surface area (Å²) in [7, 11) is 0. The van der Waals surface area contributed by atoms with Crippen LogP contribution in [0, 0.1) is 0 Å². The molecule has 5 heteroatoms. The van der Waals surface area contributed by atoms with Crippen LogP contribution in [0.15, 0.2) is 36.8 Å². The lowest BCUT2D eigenvalue weighted by Crippen LogP contribution is -2.07. The van der Waals surface area contributed by atoms with Gasteiger partial charge in [-0.3, -0.25) is 0 Å². The summed E-state index contributed by atoms with van der Waals surface area (Å²) in [6.07, 6.45) is 5.22. The van der Waals surface area contributed by atoms with Gasteiger partial charge in [-0.05, 0) is 17.7 Å². The summed E-state index contributed by atoms with van der Waals surface area (Å²) >= 11 is 0. The van der Waals surface area contributed by atoms with Gasteiger partial charge in [-0.25, -0.2) is 15.1 Å².